The molecule has 0 bridgehead atoms. The van der Waals surface area contributed by atoms with Crippen molar-refractivity contribution in [2.75, 3.05) is 19.8 Å². The van der Waals surface area contributed by atoms with E-state index in [0.29, 0.717) is 50.0 Å². The Hall–Kier alpha value is -1.84. The summed E-state index contributed by atoms with van der Waals surface area (Å²) in [5, 5.41) is 19.5. The number of hydrogen-bond donors (Lipinski definition) is 2. The van der Waals surface area contributed by atoms with Gasteiger partial charge in [-0.05, 0) is 56.2 Å². The smallest absolute Gasteiger partial charge is 0.221 e. The van der Waals surface area contributed by atoms with Crippen LogP contribution in [0.25, 0.3) is 0 Å². The van der Waals surface area contributed by atoms with E-state index < -0.39 is 32.6 Å². The van der Waals surface area contributed by atoms with Gasteiger partial charge in [-0.3, -0.25) is 0 Å². The van der Waals surface area contributed by atoms with E-state index in [1.165, 1.54) is 10.4 Å². The second-order valence-electron chi connectivity index (χ2n) is 9.52. The van der Waals surface area contributed by atoms with E-state index in [0.717, 1.165) is 5.56 Å². The van der Waals surface area contributed by atoms with Gasteiger partial charge >= 0.3 is 0 Å². The van der Waals surface area contributed by atoms with Gasteiger partial charge in [0.05, 0.1) is 6.10 Å². The molecule has 34 heavy (non-hydrogen) atoms. The summed E-state index contributed by atoms with van der Waals surface area (Å²) < 4.78 is 49.3. The molecule has 0 aliphatic carbocycles. The predicted octanol–water partition coefficient (Wildman–Crippen LogP) is 3.67. The number of rotatable bonds is 7. The summed E-state index contributed by atoms with van der Waals surface area (Å²) in [6.07, 6.45) is 1.69. The lowest BCUT2D eigenvalue weighted by molar-refractivity contribution is -0.0242. The molecular formula is C26H34FNO5S. The minimum Gasteiger partial charge on any atom is -0.396 e. The summed E-state index contributed by atoms with van der Waals surface area (Å²) in [5.74, 6) is -0.483. The van der Waals surface area contributed by atoms with Crippen molar-refractivity contribution in [2.24, 2.45) is 0 Å². The third-order valence-corrected chi connectivity index (χ3v) is 9.95. The van der Waals surface area contributed by atoms with Crippen molar-refractivity contribution < 1.29 is 27.8 Å². The molecule has 2 aromatic rings. The van der Waals surface area contributed by atoms with Gasteiger partial charge in [0.1, 0.15) is 11.1 Å². The van der Waals surface area contributed by atoms with Crippen LogP contribution in [0.4, 0.5) is 4.39 Å². The first kappa shape index (κ1) is 25.3. The molecule has 0 unspecified atom stereocenters. The zero-order chi connectivity index (χ0) is 24.3. The minimum atomic E-state index is -3.66. The zero-order valence-corrected chi connectivity index (χ0v) is 20.4. The van der Waals surface area contributed by atoms with E-state index in [2.05, 4.69) is 0 Å². The first-order valence-corrected chi connectivity index (χ1v) is 13.5. The van der Waals surface area contributed by atoms with Crippen LogP contribution in [0.3, 0.4) is 0 Å². The molecule has 0 saturated carbocycles. The van der Waals surface area contributed by atoms with Gasteiger partial charge in [-0.25, -0.2) is 12.8 Å². The highest BCUT2D eigenvalue weighted by molar-refractivity contribution is 7.89. The van der Waals surface area contributed by atoms with E-state index in [1.807, 2.05) is 37.3 Å². The quantitative estimate of drug-likeness (QED) is 0.617. The molecule has 0 radical (unpaired) electrons. The molecule has 4 rings (SSSR count). The van der Waals surface area contributed by atoms with Gasteiger partial charge in [0, 0.05) is 43.4 Å². The van der Waals surface area contributed by atoms with Gasteiger partial charge < -0.3 is 14.9 Å². The van der Waals surface area contributed by atoms with Crippen molar-refractivity contribution in [3.63, 3.8) is 0 Å². The molecule has 2 aliphatic heterocycles. The molecule has 0 aromatic heterocycles. The van der Waals surface area contributed by atoms with Crippen LogP contribution in [0.2, 0.25) is 0 Å². The van der Waals surface area contributed by atoms with E-state index in [4.69, 9.17) is 4.74 Å². The van der Waals surface area contributed by atoms with Crippen molar-refractivity contribution in [3.8, 4) is 0 Å². The first-order chi connectivity index (χ1) is 16.3. The Morgan fingerprint density at radius 2 is 1.85 bits per heavy atom. The summed E-state index contributed by atoms with van der Waals surface area (Å²) in [6.45, 7) is 2.59. The van der Waals surface area contributed by atoms with Crippen LogP contribution in [0.1, 0.15) is 61.0 Å². The molecule has 0 amide bonds. The molecule has 2 saturated heterocycles. The number of aliphatic hydroxyl groups is 2. The van der Waals surface area contributed by atoms with Gasteiger partial charge in [0.2, 0.25) is 10.0 Å². The largest absolute Gasteiger partial charge is 0.396 e. The molecule has 2 aromatic carbocycles. The third kappa shape index (κ3) is 4.79. The Balaban J connectivity index is 1.61. The maximum atomic E-state index is 15.4. The molecule has 6 nitrogen and oxygen atoms in total. The van der Waals surface area contributed by atoms with Crippen molar-refractivity contribution in [3.05, 3.63) is 71.0 Å². The van der Waals surface area contributed by atoms with E-state index in [-0.39, 0.29) is 25.6 Å². The highest BCUT2D eigenvalue weighted by Gasteiger charge is 2.43. The molecule has 2 aliphatic rings. The van der Waals surface area contributed by atoms with Crippen LogP contribution in [-0.2, 0) is 26.7 Å². The monoisotopic (exact) mass is 491 g/mol. The highest BCUT2D eigenvalue weighted by atomic mass is 32.2. The van der Waals surface area contributed by atoms with Gasteiger partial charge in [-0.1, -0.05) is 42.5 Å². The predicted molar refractivity (Wildman–Crippen MR) is 128 cm³/mol. The van der Waals surface area contributed by atoms with E-state index >= 15 is 4.39 Å². The van der Waals surface area contributed by atoms with Crippen LogP contribution in [0, 0.1) is 5.82 Å². The number of aliphatic hydroxyl groups excluding tert-OH is 2. The lowest BCUT2D eigenvalue weighted by Gasteiger charge is -2.42. The van der Waals surface area contributed by atoms with Crippen LogP contribution in [0.15, 0.2) is 48.5 Å². The van der Waals surface area contributed by atoms with Crippen molar-refractivity contribution in [1.29, 1.82) is 0 Å². The fraction of sp³-hybridized carbons (Fsp3) is 0.538. The average Bonchev–Trinajstić information content (AvgIpc) is 2.83. The standard InChI is InChI=1S/C26H34FNO5S/c1-19-7-10-24(20-5-3-2-4-6-20)34(31,32)28(19)18-21-8-9-22(17-23(21)27)26(25(30)11-14-29)12-15-33-16-13-26/h2-6,8-9,17,19,24-25,29-30H,7,10-16,18H2,1H3/t19-,24+,25-/m0/s1. The minimum absolute atomic E-state index is 0.0335. The molecule has 2 fully saturated rings. The fourth-order valence-electron chi connectivity index (χ4n) is 5.45. The summed E-state index contributed by atoms with van der Waals surface area (Å²) in [7, 11) is -3.66. The maximum absolute atomic E-state index is 15.4. The summed E-state index contributed by atoms with van der Waals surface area (Å²) in [6, 6.07) is 13.8. The summed E-state index contributed by atoms with van der Waals surface area (Å²) in [4.78, 5) is 0. The number of nitrogens with zero attached hydrogens (tertiary/aromatic N) is 1. The zero-order valence-electron chi connectivity index (χ0n) is 19.6. The van der Waals surface area contributed by atoms with Crippen molar-refractivity contribution >= 4 is 10.0 Å². The number of ether oxygens (including phenoxy) is 1. The van der Waals surface area contributed by atoms with E-state index in [1.54, 1.807) is 12.1 Å². The molecule has 2 N–H and O–H groups in total. The first-order valence-electron chi connectivity index (χ1n) is 12.0. The third-order valence-electron chi connectivity index (χ3n) is 7.58. The van der Waals surface area contributed by atoms with Crippen LogP contribution >= 0.6 is 0 Å². The Labute approximate surface area is 201 Å². The molecule has 3 atom stereocenters. The van der Waals surface area contributed by atoms with Crippen molar-refractivity contribution in [2.45, 2.75) is 68.4 Å². The van der Waals surface area contributed by atoms with Crippen LogP contribution < -0.4 is 0 Å². The summed E-state index contributed by atoms with van der Waals surface area (Å²) >= 11 is 0. The van der Waals surface area contributed by atoms with Gasteiger partial charge in [0.15, 0.2) is 0 Å². The SMILES string of the molecule is C[C@H]1CC[C@H](c2ccccc2)S(=O)(=O)N1Cc1ccc(C2([C@@H](O)CCO)CCOCC2)cc1F. The topological polar surface area (TPSA) is 87.1 Å². The molecule has 8 heteroatoms. The summed E-state index contributed by atoms with van der Waals surface area (Å²) in [5.41, 5.74) is 1.04. The second kappa shape index (κ2) is 10.4. The number of sulfonamides is 1. The molecule has 0 spiro atoms. The molecular weight excluding hydrogens is 457 g/mol. The average molecular weight is 492 g/mol. The Bertz CT molecular complexity index is 1070. The Kier molecular flexibility index (Phi) is 7.74. The Morgan fingerprint density at radius 3 is 2.50 bits per heavy atom. The van der Waals surface area contributed by atoms with Crippen molar-refractivity contribution in [1.82, 2.24) is 4.31 Å². The Morgan fingerprint density at radius 1 is 1.15 bits per heavy atom. The normalized spacial score (nSPS) is 25.6. The molecule has 186 valence electrons. The van der Waals surface area contributed by atoms with E-state index in [9.17, 15) is 18.6 Å². The maximum Gasteiger partial charge on any atom is 0.221 e. The van der Waals surface area contributed by atoms with Gasteiger partial charge in [-0.15, -0.1) is 0 Å². The van der Waals surface area contributed by atoms with Crippen LogP contribution in [0.5, 0.6) is 0 Å². The number of halogens is 1. The molecule has 2 heterocycles. The van der Waals surface area contributed by atoms with Gasteiger partial charge in [0.25, 0.3) is 0 Å². The fourth-order valence-corrected chi connectivity index (χ4v) is 7.64. The lowest BCUT2D eigenvalue weighted by Crippen LogP contribution is -2.45. The van der Waals surface area contributed by atoms with Crippen LogP contribution in [-0.4, -0.2) is 54.9 Å². The second-order valence-corrected chi connectivity index (χ2v) is 11.6. The highest BCUT2D eigenvalue weighted by Crippen LogP contribution is 2.41. The lowest BCUT2D eigenvalue weighted by atomic mass is 9.69. The number of hydrogen-bond acceptors (Lipinski definition) is 5. The van der Waals surface area contributed by atoms with Gasteiger partial charge in [-0.2, -0.15) is 4.31 Å². The number of benzene rings is 2.